The van der Waals surface area contributed by atoms with Gasteiger partial charge in [-0.25, -0.2) is 9.37 Å². The molecule has 0 radical (unpaired) electrons. The number of thiazole rings is 1. The van der Waals surface area contributed by atoms with E-state index < -0.39 is 11.7 Å². The Morgan fingerprint density at radius 2 is 1.68 bits per heavy atom. The fraction of sp³-hybridized carbons (Fsp3) is 0. The molecule has 0 aliphatic heterocycles. The van der Waals surface area contributed by atoms with Crippen molar-refractivity contribution in [3.63, 3.8) is 0 Å². The molecule has 1 N–H and O–H groups in total. The van der Waals surface area contributed by atoms with Gasteiger partial charge in [0.05, 0.1) is 16.3 Å². The first-order chi connectivity index (χ1) is 13.6. The highest BCUT2D eigenvalue weighted by atomic mass is 35.5. The van der Waals surface area contributed by atoms with Crippen molar-refractivity contribution in [1.29, 1.82) is 0 Å². The minimum Gasteiger partial charge on any atom is -0.322 e. The molecule has 3 aromatic carbocycles. The first kappa shape index (κ1) is 18.3. The van der Waals surface area contributed by atoms with Crippen LogP contribution in [0.1, 0.15) is 10.4 Å². The van der Waals surface area contributed by atoms with Crippen LogP contribution in [0.4, 0.5) is 10.1 Å². The zero-order valence-corrected chi connectivity index (χ0v) is 16.1. The van der Waals surface area contributed by atoms with E-state index >= 15 is 0 Å². The highest BCUT2D eigenvalue weighted by Gasteiger charge is 2.16. The molecule has 4 aromatic rings. The molecular weight excluding hydrogens is 395 g/mol. The van der Waals surface area contributed by atoms with Gasteiger partial charge in [-0.1, -0.05) is 60.1 Å². The Balaban J connectivity index is 1.52. The molecular formula is C22H14ClFN2OS. The van der Waals surface area contributed by atoms with E-state index in [1.807, 2.05) is 47.8 Å². The molecule has 0 saturated carbocycles. The van der Waals surface area contributed by atoms with Crippen LogP contribution in [0.15, 0.2) is 78.2 Å². The van der Waals surface area contributed by atoms with Gasteiger partial charge in [0.2, 0.25) is 0 Å². The minimum absolute atomic E-state index is 0.0741. The minimum atomic E-state index is -0.655. The fourth-order valence-corrected chi connectivity index (χ4v) is 3.84. The zero-order chi connectivity index (χ0) is 19.5. The highest BCUT2D eigenvalue weighted by Crippen LogP contribution is 2.29. The quantitative estimate of drug-likeness (QED) is 0.417. The van der Waals surface area contributed by atoms with E-state index in [1.54, 1.807) is 23.5 Å². The molecule has 0 bridgehead atoms. The maximum Gasteiger partial charge on any atom is 0.260 e. The number of nitrogens with zero attached hydrogens (tertiary/aromatic N) is 1. The van der Waals surface area contributed by atoms with Crippen LogP contribution in [0, 0.1) is 5.82 Å². The van der Waals surface area contributed by atoms with Crippen LogP contribution < -0.4 is 5.32 Å². The van der Waals surface area contributed by atoms with Gasteiger partial charge in [0.1, 0.15) is 10.8 Å². The topological polar surface area (TPSA) is 42.0 Å². The normalized spacial score (nSPS) is 10.6. The summed E-state index contributed by atoms with van der Waals surface area (Å²) in [7, 11) is 0. The molecule has 1 amide bonds. The number of hydrogen-bond donors (Lipinski definition) is 1. The molecule has 0 aliphatic rings. The third-order valence-corrected chi connectivity index (χ3v) is 5.36. The molecule has 1 heterocycles. The summed E-state index contributed by atoms with van der Waals surface area (Å²) in [5, 5.41) is 5.68. The Hall–Kier alpha value is -3.02. The van der Waals surface area contributed by atoms with Gasteiger partial charge >= 0.3 is 0 Å². The van der Waals surface area contributed by atoms with Crippen molar-refractivity contribution in [3.8, 4) is 21.8 Å². The van der Waals surface area contributed by atoms with E-state index in [0.717, 1.165) is 21.8 Å². The van der Waals surface area contributed by atoms with Gasteiger partial charge in [-0.05, 0) is 24.3 Å². The first-order valence-corrected chi connectivity index (χ1v) is 9.74. The third-order valence-electron chi connectivity index (χ3n) is 4.15. The SMILES string of the molecule is O=C(Nc1ccc(-c2csc(-c3ccccc3)n2)cc1)c1c(F)cccc1Cl. The Kier molecular flexibility index (Phi) is 5.19. The van der Waals surface area contributed by atoms with Crippen molar-refractivity contribution in [2.45, 2.75) is 0 Å². The zero-order valence-electron chi connectivity index (χ0n) is 14.5. The third kappa shape index (κ3) is 3.81. The lowest BCUT2D eigenvalue weighted by Gasteiger charge is -2.08. The average molecular weight is 409 g/mol. The number of halogens is 2. The molecule has 28 heavy (non-hydrogen) atoms. The molecule has 6 heteroatoms. The molecule has 0 atom stereocenters. The van der Waals surface area contributed by atoms with E-state index in [2.05, 4.69) is 10.3 Å². The summed E-state index contributed by atoms with van der Waals surface area (Å²) in [5.74, 6) is -1.24. The van der Waals surface area contributed by atoms with Crippen LogP contribution in [-0.4, -0.2) is 10.9 Å². The number of rotatable bonds is 4. The van der Waals surface area contributed by atoms with E-state index in [1.165, 1.54) is 18.2 Å². The predicted octanol–water partition coefficient (Wildman–Crippen LogP) is 6.52. The van der Waals surface area contributed by atoms with Crippen LogP contribution in [-0.2, 0) is 0 Å². The van der Waals surface area contributed by atoms with Gasteiger partial charge < -0.3 is 5.32 Å². The summed E-state index contributed by atoms with van der Waals surface area (Å²) in [4.78, 5) is 17.0. The van der Waals surface area contributed by atoms with Crippen molar-refractivity contribution in [2.24, 2.45) is 0 Å². The van der Waals surface area contributed by atoms with Gasteiger partial charge in [0, 0.05) is 22.2 Å². The first-order valence-electron chi connectivity index (χ1n) is 8.48. The van der Waals surface area contributed by atoms with Crippen molar-refractivity contribution in [1.82, 2.24) is 4.98 Å². The van der Waals surface area contributed by atoms with Crippen LogP contribution in [0.3, 0.4) is 0 Å². The maximum atomic E-state index is 13.9. The van der Waals surface area contributed by atoms with Gasteiger partial charge in [-0.15, -0.1) is 11.3 Å². The lowest BCUT2D eigenvalue weighted by molar-refractivity contribution is 0.102. The molecule has 0 spiro atoms. The summed E-state index contributed by atoms with van der Waals surface area (Å²) in [5.41, 5.74) is 3.25. The van der Waals surface area contributed by atoms with E-state index in [0.29, 0.717) is 5.69 Å². The molecule has 0 aliphatic carbocycles. The summed E-state index contributed by atoms with van der Waals surface area (Å²) >= 11 is 7.52. The van der Waals surface area contributed by atoms with Crippen LogP contribution in [0.25, 0.3) is 21.8 Å². The summed E-state index contributed by atoms with van der Waals surface area (Å²) in [6.07, 6.45) is 0. The second kappa shape index (κ2) is 7.92. The second-order valence-electron chi connectivity index (χ2n) is 6.03. The van der Waals surface area contributed by atoms with Crippen molar-refractivity contribution < 1.29 is 9.18 Å². The molecule has 0 fully saturated rings. The number of hydrogen-bond acceptors (Lipinski definition) is 3. The van der Waals surface area contributed by atoms with Gasteiger partial charge in [0.25, 0.3) is 5.91 Å². The lowest BCUT2D eigenvalue weighted by Crippen LogP contribution is -2.14. The molecule has 1 aromatic heterocycles. The number of carbonyl (C=O) groups excluding carboxylic acids is 1. The number of aromatic nitrogens is 1. The largest absolute Gasteiger partial charge is 0.322 e. The molecule has 138 valence electrons. The van der Waals surface area contributed by atoms with Crippen LogP contribution >= 0.6 is 22.9 Å². The summed E-state index contributed by atoms with van der Waals surface area (Å²) < 4.78 is 13.9. The van der Waals surface area contributed by atoms with E-state index in [-0.39, 0.29) is 10.6 Å². The average Bonchev–Trinajstić information content (AvgIpc) is 3.19. The Morgan fingerprint density at radius 3 is 2.39 bits per heavy atom. The number of carbonyl (C=O) groups is 1. The van der Waals surface area contributed by atoms with Crippen LogP contribution in [0.2, 0.25) is 5.02 Å². The second-order valence-corrected chi connectivity index (χ2v) is 7.30. The predicted molar refractivity (Wildman–Crippen MR) is 112 cm³/mol. The Morgan fingerprint density at radius 1 is 0.929 bits per heavy atom. The van der Waals surface area contributed by atoms with Crippen molar-refractivity contribution in [2.75, 3.05) is 5.32 Å². The monoisotopic (exact) mass is 408 g/mol. The number of benzene rings is 3. The Labute approximate surface area is 170 Å². The van der Waals surface area contributed by atoms with Crippen molar-refractivity contribution >= 4 is 34.5 Å². The fourth-order valence-electron chi connectivity index (χ4n) is 2.75. The van der Waals surface area contributed by atoms with Gasteiger partial charge in [-0.2, -0.15) is 0 Å². The van der Waals surface area contributed by atoms with E-state index in [4.69, 9.17) is 11.6 Å². The number of nitrogens with one attached hydrogen (secondary N) is 1. The summed E-state index contributed by atoms with van der Waals surface area (Å²) in [6, 6.07) is 21.4. The molecule has 0 saturated heterocycles. The Bertz CT molecular complexity index is 1110. The summed E-state index contributed by atoms with van der Waals surface area (Å²) in [6.45, 7) is 0. The molecule has 3 nitrogen and oxygen atoms in total. The molecule has 4 rings (SSSR count). The standard InChI is InChI=1S/C22H14ClFN2OS/c23-17-7-4-8-18(24)20(17)21(27)25-16-11-9-14(10-12-16)19-13-28-22(26-19)15-5-2-1-3-6-15/h1-13H,(H,25,27). The van der Waals surface area contributed by atoms with E-state index in [9.17, 15) is 9.18 Å². The lowest BCUT2D eigenvalue weighted by atomic mass is 10.1. The number of amides is 1. The maximum absolute atomic E-state index is 13.9. The van der Waals surface area contributed by atoms with Gasteiger partial charge in [0.15, 0.2) is 0 Å². The van der Waals surface area contributed by atoms with Crippen molar-refractivity contribution in [3.05, 3.63) is 94.6 Å². The highest BCUT2D eigenvalue weighted by molar-refractivity contribution is 7.13. The van der Waals surface area contributed by atoms with Crippen LogP contribution in [0.5, 0.6) is 0 Å². The number of anilines is 1. The smallest absolute Gasteiger partial charge is 0.260 e. The van der Waals surface area contributed by atoms with Gasteiger partial charge in [-0.3, -0.25) is 4.79 Å². The molecule has 0 unspecified atom stereocenters.